The number of aryl methyl sites for hydroxylation is 2. The van der Waals surface area contributed by atoms with Gasteiger partial charge < -0.3 is 9.64 Å². The van der Waals surface area contributed by atoms with E-state index < -0.39 is 5.97 Å². The number of anilines is 1. The van der Waals surface area contributed by atoms with Gasteiger partial charge in [0.25, 0.3) is 5.91 Å². The van der Waals surface area contributed by atoms with Crippen LogP contribution in [0, 0.1) is 6.92 Å². The lowest BCUT2D eigenvalue weighted by atomic mass is 10.2. The molecule has 3 rings (SSSR count). The third-order valence-corrected chi connectivity index (χ3v) is 5.42. The maximum absolute atomic E-state index is 12.3. The van der Waals surface area contributed by atoms with Crippen LogP contribution in [0.15, 0.2) is 30.3 Å². The van der Waals surface area contributed by atoms with Crippen molar-refractivity contribution in [3.63, 3.8) is 0 Å². The number of ether oxygens (including phenoxy) is 1. The second-order valence-corrected chi connectivity index (χ2v) is 6.71. The number of carbonyl (C=O) groups is 2. The first-order chi connectivity index (χ1) is 11.1. The molecule has 5 heteroatoms. The highest BCUT2D eigenvalue weighted by molar-refractivity contribution is 7.14. The van der Waals surface area contributed by atoms with E-state index in [9.17, 15) is 9.59 Å². The fraction of sp³-hybridized carbons (Fsp3) is 0.333. The molecule has 1 aliphatic heterocycles. The molecule has 0 bridgehead atoms. The number of carbonyl (C=O) groups excluding carboxylic acids is 2. The van der Waals surface area contributed by atoms with Crippen LogP contribution in [-0.2, 0) is 22.4 Å². The Bertz CT molecular complexity index is 750. The van der Waals surface area contributed by atoms with Crippen molar-refractivity contribution in [3.05, 3.63) is 51.2 Å². The molecule has 0 fully saturated rings. The number of thiophene rings is 1. The first-order valence-electron chi connectivity index (χ1n) is 7.75. The molecule has 1 aliphatic rings. The Balaban J connectivity index is 1.62. The molecule has 0 saturated heterocycles. The average molecular weight is 329 g/mol. The van der Waals surface area contributed by atoms with Gasteiger partial charge in [0.15, 0.2) is 6.61 Å². The highest BCUT2D eigenvalue weighted by Crippen LogP contribution is 2.27. The third kappa shape index (κ3) is 3.15. The van der Waals surface area contributed by atoms with E-state index in [2.05, 4.69) is 6.92 Å². The van der Waals surface area contributed by atoms with E-state index in [0.29, 0.717) is 11.4 Å². The van der Waals surface area contributed by atoms with Gasteiger partial charge in [0, 0.05) is 17.1 Å². The lowest BCUT2D eigenvalue weighted by Gasteiger charge is -2.16. The van der Waals surface area contributed by atoms with Crippen LogP contribution in [0.4, 0.5) is 5.69 Å². The van der Waals surface area contributed by atoms with Gasteiger partial charge in [0.05, 0.1) is 0 Å². The molecule has 23 heavy (non-hydrogen) atoms. The highest BCUT2D eigenvalue weighted by atomic mass is 32.1. The van der Waals surface area contributed by atoms with Crippen LogP contribution in [0.25, 0.3) is 0 Å². The van der Waals surface area contributed by atoms with Crippen LogP contribution in [0.2, 0.25) is 0 Å². The molecule has 4 nitrogen and oxygen atoms in total. The van der Waals surface area contributed by atoms with E-state index in [-0.39, 0.29) is 12.5 Å². The zero-order valence-corrected chi connectivity index (χ0v) is 14.1. The molecule has 2 aromatic rings. The molecule has 1 aromatic heterocycles. The predicted octanol–water partition coefficient (Wildman–Crippen LogP) is 3.37. The zero-order chi connectivity index (χ0) is 16.4. The van der Waals surface area contributed by atoms with Gasteiger partial charge in [-0.15, -0.1) is 11.3 Å². The summed E-state index contributed by atoms with van der Waals surface area (Å²) in [6, 6.07) is 9.67. The van der Waals surface area contributed by atoms with Crippen molar-refractivity contribution >= 4 is 28.9 Å². The Labute approximate surface area is 139 Å². The normalized spacial score (nSPS) is 13.0. The van der Waals surface area contributed by atoms with Gasteiger partial charge in [0.2, 0.25) is 0 Å². The van der Waals surface area contributed by atoms with E-state index in [1.807, 2.05) is 37.3 Å². The molecule has 1 amide bonds. The smallest absolute Gasteiger partial charge is 0.348 e. The van der Waals surface area contributed by atoms with Crippen LogP contribution in [-0.4, -0.2) is 25.0 Å². The van der Waals surface area contributed by atoms with Gasteiger partial charge in [-0.2, -0.15) is 0 Å². The minimum atomic E-state index is -0.418. The van der Waals surface area contributed by atoms with Gasteiger partial charge in [-0.1, -0.05) is 25.1 Å². The van der Waals surface area contributed by atoms with Crippen LogP contribution >= 0.6 is 11.3 Å². The first kappa shape index (κ1) is 15.7. The molecule has 0 radical (unpaired) electrons. The Morgan fingerprint density at radius 3 is 2.83 bits per heavy atom. The molecular formula is C18H19NO3S. The summed E-state index contributed by atoms with van der Waals surface area (Å²) in [6.07, 6.45) is 1.74. The second kappa shape index (κ2) is 6.54. The van der Waals surface area contributed by atoms with E-state index in [1.54, 1.807) is 4.90 Å². The minimum absolute atomic E-state index is 0.174. The fourth-order valence-corrected chi connectivity index (χ4v) is 3.85. The van der Waals surface area contributed by atoms with Gasteiger partial charge >= 0.3 is 5.97 Å². The number of nitrogens with zero attached hydrogens (tertiary/aromatic N) is 1. The molecule has 120 valence electrons. The second-order valence-electron chi connectivity index (χ2n) is 5.57. The van der Waals surface area contributed by atoms with Crippen molar-refractivity contribution in [2.75, 3.05) is 18.1 Å². The average Bonchev–Trinajstić information content (AvgIpc) is 3.15. The molecule has 0 atom stereocenters. The van der Waals surface area contributed by atoms with Crippen molar-refractivity contribution < 1.29 is 14.3 Å². The molecule has 0 N–H and O–H groups in total. The number of para-hydroxylation sites is 1. The summed E-state index contributed by atoms with van der Waals surface area (Å²) >= 11 is 1.44. The standard InChI is InChI=1S/C18H19NO3S/c1-3-15-12(2)10-16(23-15)18(21)22-11-17(20)19-9-8-13-6-4-5-7-14(13)19/h4-7,10H,3,8-9,11H2,1-2H3. The van der Waals surface area contributed by atoms with Crippen LogP contribution < -0.4 is 4.90 Å². The Morgan fingerprint density at radius 1 is 1.30 bits per heavy atom. The molecular weight excluding hydrogens is 310 g/mol. The van der Waals surface area contributed by atoms with Gasteiger partial charge in [0.1, 0.15) is 4.88 Å². The number of amides is 1. The number of hydrogen-bond acceptors (Lipinski definition) is 4. The minimum Gasteiger partial charge on any atom is -0.451 e. The van der Waals surface area contributed by atoms with Crippen molar-refractivity contribution in [1.29, 1.82) is 0 Å². The SMILES string of the molecule is CCc1sc(C(=O)OCC(=O)N2CCc3ccccc32)cc1C. The van der Waals surface area contributed by atoms with Gasteiger partial charge in [-0.25, -0.2) is 4.79 Å². The summed E-state index contributed by atoms with van der Waals surface area (Å²) in [5.41, 5.74) is 3.19. The Hall–Kier alpha value is -2.14. The third-order valence-electron chi connectivity index (χ3n) is 4.06. The summed E-state index contributed by atoms with van der Waals surface area (Å²) in [5.74, 6) is -0.592. The number of benzene rings is 1. The Kier molecular flexibility index (Phi) is 4.48. The molecule has 2 heterocycles. The summed E-state index contributed by atoms with van der Waals surface area (Å²) in [6.45, 7) is 4.47. The maximum atomic E-state index is 12.3. The zero-order valence-electron chi connectivity index (χ0n) is 13.3. The predicted molar refractivity (Wildman–Crippen MR) is 91.2 cm³/mol. The van der Waals surface area contributed by atoms with E-state index in [0.717, 1.165) is 29.7 Å². The molecule has 0 unspecified atom stereocenters. The lowest BCUT2D eigenvalue weighted by molar-refractivity contribution is -0.121. The molecule has 0 aliphatic carbocycles. The summed E-state index contributed by atoms with van der Waals surface area (Å²) < 4.78 is 5.21. The van der Waals surface area contributed by atoms with Crippen molar-refractivity contribution in [2.24, 2.45) is 0 Å². The Morgan fingerprint density at radius 2 is 2.09 bits per heavy atom. The summed E-state index contributed by atoms with van der Waals surface area (Å²) in [5, 5.41) is 0. The monoisotopic (exact) mass is 329 g/mol. The summed E-state index contributed by atoms with van der Waals surface area (Å²) in [7, 11) is 0. The first-order valence-corrected chi connectivity index (χ1v) is 8.56. The topological polar surface area (TPSA) is 46.6 Å². The fourth-order valence-electron chi connectivity index (χ4n) is 2.85. The number of fused-ring (bicyclic) bond motifs is 1. The van der Waals surface area contributed by atoms with E-state index in [1.165, 1.54) is 16.2 Å². The molecule has 0 saturated carbocycles. The van der Waals surface area contributed by atoms with Crippen molar-refractivity contribution in [2.45, 2.75) is 26.7 Å². The van der Waals surface area contributed by atoms with Crippen LogP contribution in [0.3, 0.4) is 0 Å². The number of esters is 1. The maximum Gasteiger partial charge on any atom is 0.348 e. The van der Waals surface area contributed by atoms with Crippen LogP contribution in [0.5, 0.6) is 0 Å². The largest absolute Gasteiger partial charge is 0.451 e. The summed E-state index contributed by atoms with van der Waals surface area (Å²) in [4.78, 5) is 27.9. The van der Waals surface area contributed by atoms with Crippen molar-refractivity contribution in [3.8, 4) is 0 Å². The number of rotatable bonds is 4. The van der Waals surface area contributed by atoms with E-state index in [4.69, 9.17) is 4.74 Å². The van der Waals surface area contributed by atoms with Gasteiger partial charge in [-0.05, 0) is 43.0 Å². The van der Waals surface area contributed by atoms with E-state index >= 15 is 0 Å². The quantitative estimate of drug-likeness (QED) is 0.808. The number of hydrogen-bond donors (Lipinski definition) is 0. The van der Waals surface area contributed by atoms with Crippen molar-refractivity contribution in [1.82, 2.24) is 0 Å². The van der Waals surface area contributed by atoms with Crippen LogP contribution in [0.1, 0.15) is 32.6 Å². The molecule has 0 spiro atoms. The molecule has 1 aromatic carbocycles. The highest BCUT2D eigenvalue weighted by Gasteiger charge is 2.25. The lowest BCUT2D eigenvalue weighted by Crippen LogP contribution is -2.33. The van der Waals surface area contributed by atoms with Gasteiger partial charge in [-0.3, -0.25) is 4.79 Å².